The smallest absolute Gasteiger partial charge is 0.248 e. The minimum Gasteiger partial charge on any atom is -0.366 e. The van der Waals surface area contributed by atoms with Crippen LogP contribution in [-0.4, -0.2) is 21.8 Å². The Kier molecular flexibility index (Phi) is 5.24. The van der Waals surface area contributed by atoms with Gasteiger partial charge in [-0.05, 0) is 36.4 Å². The van der Waals surface area contributed by atoms with Gasteiger partial charge in [0, 0.05) is 41.6 Å². The van der Waals surface area contributed by atoms with Crippen LogP contribution in [0.4, 0.5) is 5.82 Å². The van der Waals surface area contributed by atoms with Crippen molar-refractivity contribution in [1.29, 1.82) is 0 Å². The van der Waals surface area contributed by atoms with Crippen molar-refractivity contribution in [3.05, 3.63) is 77.6 Å². The number of pyridine rings is 2. The lowest BCUT2D eigenvalue weighted by Crippen LogP contribution is -2.14. The van der Waals surface area contributed by atoms with E-state index in [1.165, 1.54) is 13.0 Å². The molecule has 0 aliphatic heterocycles. The molecular formula is C21H16N4O2. The van der Waals surface area contributed by atoms with E-state index < -0.39 is 5.91 Å². The second-order valence-corrected chi connectivity index (χ2v) is 5.74. The van der Waals surface area contributed by atoms with Gasteiger partial charge >= 0.3 is 0 Å². The Morgan fingerprint density at radius 3 is 2.41 bits per heavy atom. The number of carbonyl (C=O) groups excluding carboxylic acids is 2. The van der Waals surface area contributed by atoms with E-state index in [0.717, 1.165) is 16.7 Å². The van der Waals surface area contributed by atoms with E-state index in [0.29, 0.717) is 5.69 Å². The molecule has 3 N–H and O–H groups in total. The minimum absolute atomic E-state index is 0.268. The maximum atomic E-state index is 11.6. The number of anilines is 1. The summed E-state index contributed by atoms with van der Waals surface area (Å²) in [7, 11) is 0. The summed E-state index contributed by atoms with van der Waals surface area (Å²) >= 11 is 0. The van der Waals surface area contributed by atoms with Crippen LogP contribution >= 0.6 is 0 Å². The van der Waals surface area contributed by atoms with E-state index in [4.69, 9.17) is 5.73 Å². The second kappa shape index (κ2) is 7.93. The average Bonchev–Trinajstić information content (AvgIpc) is 2.67. The summed E-state index contributed by atoms with van der Waals surface area (Å²) in [5, 5.41) is 2.57. The number of primary amides is 1. The van der Waals surface area contributed by atoms with Gasteiger partial charge in [0.1, 0.15) is 5.82 Å². The molecule has 0 saturated carbocycles. The lowest BCUT2D eigenvalue weighted by atomic mass is 10.1. The van der Waals surface area contributed by atoms with E-state index in [2.05, 4.69) is 27.1 Å². The molecule has 6 nitrogen and oxygen atoms in total. The van der Waals surface area contributed by atoms with Gasteiger partial charge in [-0.25, -0.2) is 4.98 Å². The Hall–Kier alpha value is -3.98. The molecular weight excluding hydrogens is 340 g/mol. The molecule has 132 valence electrons. The first-order valence-electron chi connectivity index (χ1n) is 8.13. The molecule has 0 atom stereocenters. The predicted molar refractivity (Wildman–Crippen MR) is 103 cm³/mol. The Labute approximate surface area is 156 Å². The highest BCUT2D eigenvalue weighted by Crippen LogP contribution is 2.22. The fraction of sp³-hybridized carbons (Fsp3) is 0.0476. The van der Waals surface area contributed by atoms with Crippen LogP contribution in [0.2, 0.25) is 0 Å². The molecule has 6 heteroatoms. The van der Waals surface area contributed by atoms with Gasteiger partial charge in [-0.2, -0.15) is 0 Å². The summed E-state index contributed by atoms with van der Waals surface area (Å²) in [6.07, 6.45) is 3.40. The van der Waals surface area contributed by atoms with E-state index in [1.807, 2.05) is 36.4 Å². The van der Waals surface area contributed by atoms with Crippen LogP contribution in [0.1, 0.15) is 28.4 Å². The van der Waals surface area contributed by atoms with Gasteiger partial charge in [-0.3, -0.25) is 14.6 Å². The van der Waals surface area contributed by atoms with Crippen LogP contribution in [0.3, 0.4) is 0 Å². The summed E-state index contributed by atoms with van der Waals surface area (Å²) in [6, 6.07) is 14.2. The third-order valence-electron chi connectivity index (χ3n) is 3.61. The molecule has 0 radical (unpaired) electrons. The molecule has 0 saturated heterocycles. The maximum absolute atomic E-state index is 11.6. The third-order valence-corrected chi connectivity index (χ3v) is 3.61. The predicted octanol–water partition coefficient (Wildman–Crippen LogP) is 2.60. The molecule has 3 aromatic rings. The summed E-state index contributed by atoms with van der Waals surface area (Å²) < 4.78 is 0. The first-order valence-corrected chi connectivity index (χ1v) is 8.13. The number of hydrogen-bond acceptors (Lipinski definition) is 4. The molecule has 0 unspecified atom stereocenters. The first-order chi connectivity index (χ1) is 13.0. The van der Waals surface area contributed by atoms with Crippen LogP contribution in [0.25, 0.3) is 11.3 Å². The number of benzene rings is 1. The summed E-state index contributed by atoms with van der Waals surface area (Å²) in [6.45, 7) is 1.37. The van der Waals surface area contributed by atoms with Crippen molar-refractivity contribution >= 4 is 17.6 Å². The first kappa shape index (κ1) is 17.8. The van der Waals surface area contributed by atoms with E-state index in [1.54, 1.807) is 18.5 Å². The van der Waals surface area contributed by atoms with Gasteiger partial charge in [0.05, 0.1) is 5.69 Å². The largest absolute Gasteiger partial charge is 0.366 e. The molecule has 0 aliphatic carbocycles. The number of aromatic nitrogens is 2. The van der Waals surface area contributed by atoms with Crippen LogP contribution < -0.4 is 11.1 Å². The van der Waals surface area contributed by atoms with Crippen molar-refractivity contribution < 1.29 is 9.59 Å². The minimum atomic E-state index is -0.593. The lowest BCUT2D eigenvalue weighted by Gasteiger charge is -2.08. The molecule has 2 heterocycles. The molecule has 1 aromatic carbocycles. The zero-order chi connectivity index (χ0) is 19.2. The number of hydrogen-bond donors (Lipinski definition) is 2. The van der Waals surface area contributed by atoms with Crippen molar-refractivity contribution in [2.24, 2.45) is 5.73 Å². The Balaban J connectivity index is 1.90. The Bertz CT molecular complexity index is 1050. The maximum Gasteiger partial charge on any atom is 0.248 e. The van der Waals surface area contributed by atoms with Crippen LogP contribution in [0.5, 0.6) is 0 Å². The topological polar surface area (TPSA) is 98.0 Å². The van der Waals surface area contributed by atoms with Crippen molar-refractivity contribution in [3.8, 4) is 23.1 Å². The standard InChI is InChI=1S/C21H16N4O2/c1-14(26)24-20-12-18(21(22)27)11-19(25-20)17-8-6-15(7-9-17)4-5-16-3-2-10-23-13-16/h2-3,6-13H,1H3,(H2,22,27)(H,24,25,26). The lowest BCUT2D eigenvalue weighted by molar-refractivity contribution is -0.114. The van der Waals surface area contributed by atoms with Gasteiger partial charge in [-0.15, -0.1) is 0 Å². The van der Waals surface area contributed by atoms with E-state index >= 15 is 0 Å². The van der Waals surface area contributed by atoms with E-state index in [-0.39, 0.29) is 17.3 Å². The van der Waals surface area contributed by atoms with Gasteiger partial charge in [0.15, 0.2) is 0 Å². The highest BCUT2D eigenvalue weighted by atomic mass is 16.1. The quantitative estimate of drug-likeness (QED) is 0.705. The van der Waals surface area contributed by atoms with Crippen LogP contribution in [0, 0.1) is 11.8 Å². The molecule has 0 fully saturated rings. The highest BCUT2D eigenvalue weighted by molar-refractivity contribution is 5.96. The molecule has 0 spiro atoms. The Morgan fingerprint density at radius 1 is 1.04 bits per heavy atom. The molecule has 2 aromatic heterocycles. The summed E-state index contributed by atoms with van der Waals surface area (Å²) in [4.78, 5) is 31.2. The zero-order valence-electron chi connectivity index (χ0n) is 14.6. The normalized spacial score (nSPS) is 9.81. The fourth-order valence-electron chi connectivity index (χ4n) is 2.37. The summed E-state index contributed by atoms with van der Waals surface area (Å²) in [5.74, 6) is 5.50. The molecule has 3 rings (SSSR count). The van der Waals surface area contributed by atoms with Gasteiger partial charge in [-0.1, -0.05) is 24.0 Å². The molecule has 27 heavy (non-hydrogen) atoms. The number of nitrogens with two attached hydrogens (primary N) is 1. The fourth-order valence-corrected chi connectivity index (χ4v) is 2.37. The SMILES string of the molecule is CC(=O)Nc1cc(C(N)=O)cc(-c2ccc(C#Cc3cccnc3)cc2)n1. The molecule has 0 bridgehead atoms. The highest BCUT2D eigenvalue weighted by Gasteiger charge is 2.09. The van der Waals surface area contributed by atoms with Gasteiger partial charge in [0.25, 0.3) is 0 Å². The number of amides is 2. The number of nitrogens with zero attached hydrogens (tertiary/aromatic N) is 2. The monoisotopic (exact) mass is 356 g/mol. The second-order valence-electron chi connectivity index (χ2n) is 5.74. The van der Waals surface area contributed by atoms with Crippen LogP contribution in [-0.2, 0) is 4.79 Å². The van der Waals surface area contributed by atoms with Crippen LogP contribution in [0.15, 0.2) is 60.9 Å². The average molecular weight is 356 g/mol. The number of nitrogens with one attached hydrogen (secondary N) is 1. The molecule has 2 amide bonds. The van der Waals surface area contributed by atoms with Crippen molar-refractivity contribution in [3.63, 3.8) is 0 Å². The third kappa shape index (κ3) is 4.77. The van der Waals surface area contributed by atoms with Crippen molar-refractivity contribution in [2.75, 3.05) is 5.32 Å². The number of rotatable bonds is 3. The zero-order valence-corrected chi connectivity index (χ0v) is 14.6. The van der Waals surface area contributed by atoms with E-state index in [9.17, 15) is 9.59 Å². The van der Waals surface area contributed by atoms with Crippen molar-refractivity contribution in [1.82, 2.24) is 9.97 Å². The van der Waals surface area contributed by atoms with Gasteiger partial charge in [0.2, 0.25) is 11.8 Å². The molecule has 0 aliphatic rings. The van der Waals surface area contributed by atoms with Crippen molar-refractivity contribution in [2.45, 2.75) is 6.92 Å². The van der Waals surface area contributed by atoms with Gasteiger partial charge < -0.3 is 11.1 Å². The summed E-state index contributed by atoms with van der Waals surface area (Å²) in [5.41, 5.74) is 8.61. The number of carbonyl (C=O) groups is 2. The Morgan fingerprint density at radius 2 is 1.78 bits per heavy atom.